The van der Waals surface area contributed by atoms with E-state index in [2.05, 4.69) is 64.6 Å². The maximum Gasteiger partial charge on any atom is 0.182 e. The molecule has 0 saturated carbocycles. The van der Waals surface area contributed by atoms with Gasteiger partial charge < -0.3 is 10.2 Å². The average Bonchev–Trinajstić information content (AvgIpc) is 3.00. The number of pyridine rings is 1. The molecule has 148 valence electrons. The second-order valence-electron chi connectivity index (χ2n) is 7.17. The van der Waals surface area contributed by atoms with E-state index in [1.165, 1.54) is 11.1 Å². The lowest BCUT2D eigenvalue weighted by Gasteiger charge is -2.22. The van der Waals surface area contributed by atoms with Crippen LogP contribution in [0.1, 0.15) is 24.5 Å². The van der Waals surface area contributed by atoms with Gasteiger partial charge in [-0.3, -0.25) is 4.98 Å². The molecule has 0 atom stereocenters. The van der Waals surface area contributed by atoms with E-state index >= 15 is 0 Å². The Labute approximate surface area is 172 Å². The summed E-state index contributed by atoms with van der Waals surface area (Å²) < 4.78 is 0. The van der Waals surface area contributed by atoms with Crippen LogP contribution in [-0.4, -0.2) is 34.6 Å². The van der Waals surface area contributed by atoms with Crippen LogP contribution >= 0.6 is 0 Å². The molecule has 0 spiro atoms. The van der Waals surface area contributed by atoms with Crippen LogP contribution in [0.15, 0.2) is 66.9 Å². The lowest BCUT2D eigenvalue weighted by molar-refractivity contribution is 0.789. The molecule has 1 aliphatic heterocycles. The highest BCUT2D eigenvalue weighted by Gasteiger charge is 2.17. The summed E-state index contributed by atoms with van der Waals surface area (Å²) in [6, 6.07) is 16.6. The van der Waals surface area contributed by atoms with Crippen LogP contribution in [0.2, 0.25) is 0 Å². The van der Waals surface area contributed by atoms with E-state index in [1.807, 2.05) is 18.2 Å². The van der Waals surface area contributed by atoms with Crippen molar-refractivity contribution in [1.29, 1.82) is 0 Å². The van der Waals surface area contributed by atoms with Crippen LogP contribution in [0.3, 0.4) is 0 Å². The quantitative estimate of drug-likeness (QED) is 0.632. The Kier molecular flexibility index (Phi) is 6.15. The molecule has 4 rings (SSSR count). The smallest absolute Gasteiger partial charge is 0.182 e. The number of rotatable bonds is 6. The fraction of sp³-hybridized carbons (Fsp3) is 0.292. The molecule has 0 amide bonds. The molecule has 0 radical (unpaired) electrons. The number of hydrogen-bond acceptors (Lipinski definition) is 5. The van der Waals surface area contributed by atoms with Gasteiger partial charge in [0.05, 0.1) is 0 Å². The molecule has 5 nitrogen and oxygen atoms in total. The number of fused-ring (bicyclic) bond motifs is 1. The fourth-order valence-electron chi connectivity index (χ4n) is 3.61. The predicted molar refractivity (Wildman–Crippen MR) is 119 cm³/mol. The summed E-state index contributed by atoms with van der Waals surface area (Å²) in [7, 11) is 0. The zero-order valence-electron chi connectivity index (χ0n) is 16.9. The van der Waals surface area contributed by atoms with E-state index in [-0.39, 0.29) is 0 Å². The Hall–Kier alpha value is -3.21. The van der Waals surface area contributed by atoms with Gasteiger partial charge in [0, 0.05) is 31.9 Å². The topological polar surface area (TPSA) is 53.9 Å². The number of hydrogen-bond donors (Lipinski definition) is 1. The molecule has 29 heavy (non-hydrogen) atoms. The van der Waals surface area contributed by atoms with Crippen molar-refractivity contribution in [2.45, 2.75) is 26.2 Å². The van der Waals surface area contributed by atoms with Gasteiger partial charge in [0.15, 0.2) is 5.82 Å². The van der Waals surface area contributed by atoms with E-state index < -0.39 is 0 Å². The fourth-order valence-corrected chi connectivity index (χ4v) is 3.61. The number of anilines is 2. The lowest BCUT2D eigenvalue weighted by Crippen LogP contribution is -2.27. The van der Waals surface area contributed by atoms with Crippen molar-refractivity contribution in [1.82, 2.24) is 15.0 Å². The molecule has 0 fully saturated rings. The highest BCUT2D eigenvalue weighted by Crippen LogP contribution is 2.24. The maximum atomic E-state index is 4.87. The predicted octanol–water partition coefficient (Wildman–Crippen LogP) is 4.52. The maximum absolute atomic E-state index is 4.87. The Bertz CT molecular complexity index is 941. The lowest BCUT2D eigenvalue weighted by atomic mass is 10.0. The summed E-state index contributed by atoms with van der Waals surface area (Å²) in [6.07, 6.45) is 9.16. The second kappa shape index (κ2) is 9.32. The van der Waals surface area contributed by atoms with Crippen molar-refractivity contribution < 1.29 is 0 Å². The third-order valence-corrected chi connectivity index (χ3v) is 5.15. The Balaban J connectivity index is 1.62. The first-order chi connectivity index (χ1) is 14.3. The first-order valence-electron chi connectivity index (χ1n) is 10.3. The molecule has 5 heteroatoms. The summed E-state index contributed by atoms with van der Waals surface area (Å²) in [6.45, 7) is 4.78. The monoisotopic (exact) mass is 385 g/mol. The molecule has 1 aromatic carbocycles. The van der Waals surface area contributed by atoms with E-state index in [1.54, 1.807) is 6.20 Å². The highest BCUT2D eigenvalue weighted by atomic mass is 15.2. The zero-order valence-corrected chi connectivity index (χ0v) is 16.9. The molecule has 0 aliphatic carbocycles. The SMILES string of the molecule is CC/C=C\CNc1cc(N2CCc3ccccc3CC2)nc(-c2ccccn2)n1. The van der Waals surface area contributed by atoms with Gasteiger partial charge in [0.25, 0.3) is 0 Å². The van der Waals surface area contributed by atoms with Crippen LogP contribution in [0.5, 0.6) is 0 Å². The van der Waals surface area contributed by atoms with E-state index in [4.69, 9.17) is 9.97 Å². The molecular weight excluding hydrogens is 358 g/mol. The number of allylic oxidation sites excluding steroid dienone is 1. The van der Waals surface area contributed by atoms with Crippen LogP contribution in [0, 0.1) is 0 Å². The highest BCUT2D eigenvalue weighted by molar-refractivity contribution is 5.59. The molecule has 3 heterocycles. The summed E-state index contributed by atoms with van der Waals surface area (Å²) >= 11 is 0. The zero-order chi connectivity index (χ0) is 19.9. The number of aromatic nitrogens is 3. The van der Waals surface area contributed by atoms with Gasteiger partial charge in [-0.1, -0.05) is 49.4 Å². The Morgan fingerprint density at radius 2 is 1.72 bits per heavy atom. The van der Waals surface area contributed by atoms with Gasteiger partial charge in [-0.05, 0) is 42.5 Å². The first kappa shape index (κ1) is 19.1. The minimum atomic E-state index is 0.659. The van der Waals surface area contributed by atoms with Crippen molar-refractivity contribution in [3.63, 3.8) is 0 Å². The average molecular weight is 386 g/mol. The van der Waals surface area contributed by atoms with Gasteiger partial charge in [-0.2, -0.15) is 0 Å². The van der Waals surface area contributed by atoms with Crippen molar-refractivity contribution in [3.05, 3.63) is 78.0 Å². The van der Waals surface area contributed by atoms with Crippen LogP contribution in [0.4, 0.5) is 11.6 Å². The Morgan fingerprint density at radius 1 is 0.966 bits per heavy atom. The number of nitrogens with zero attached hydrogens (tertiary/aromatic N) is 4. The van der Waals surface area contributed by atoms with Gasteiger partial charge in [-0.15, -0.1) is 0 Å². The summed E-state index contributed by atoms with van der Waals surface area (Å²) in [5.41, 5.74) is 3.67. The molecule has 3 aromatic rings. The molecule has 2 aromatic heterocycles. The van der Waals surface area contributed by atoms with Gasteiger partial charge in [-0.25, -0.2) is 9.97 Å². The van der Waals surface area contributed by atoms with Crippen molar-refractivity contribution in [3.8, 4) is 11.5 Å². The number of nitrogens with one attached hydrogen (secondary N) is 1. The van der Waals surface area contributed by atoms with Crippen molar-refractivity contribution >= 4 is 11.6 Å². The van der Waals surface area contributed by atoms with Gasteiger partial charge in [0.2, 0.25) is 0 Å². The first-order valence-corrected chi connectivity index (χ1v) is 10.3. The van der Waals surface area contributed by atoms with E-state index in [0.717, 1.165) is 56.2 Å². The molecular formula is C24H27N5. The van der Waals surface area contributed by atoms with Crippen LogP contribution in [-0.2, 0) is 12.8 Å². The summed E-state index contributed by atoms with van der Waals surface area (Å²) in [5.74, 6) is 2.44. The largest absolute Gasteiger partial charge is 0.366 e. The van der Waals surface area contributed by atoms with Gasteiger partial charge in [0.1, 0.15) is 17.3 Å². The van der Waals surface area contributed by atoms with Crippen LogP contribution < -0.4 is 10.2 Å². The van der Waals surface area contributed by atoms with Crippen molar-refractivity contribution in [2.75, 3.05) is 29.9 Å². The Morgan fingerprint density at radius 3 is 2.41 bits per heavy atom. The van der Waals surface area contributed by atoms with E-state index in [0.29, 0.717) is 5.82 Å². The summed E-state index contributed by atoms with van der Waals surface area (Å²) in [4.78, 5) is 16.4. The molecule has 0 saturated heterocycles. The summed E-state index contributed by atoms with van der Waals surface area (Å²) in [5, 5.41) is 3.41. The standard InChI is InChI=1S/C24H27N5/c1-2-3-7-15-26-22-18-23(28-24(27-22)21-11-6-8-14-25-21)29-16-12-19-9-4-5-10-20(19)13-17-29/h3-11,14,18H,2,12-13,15-17H2,1H3,(H,26,27,28)/b7-3-. The molecule has 1 aliphatic rings. The third kappa shape index (κ3) is 4.80. The minimum absolute atomic E-state index is 0.659. The normalized spacial score (nSPS) is 13.9. The molecule has 0 bridgehead atoms. The minimum Gasteiger partial charge on any atom is -0.366 e. The van der Waals surface area contributed by atoms with Crippen molar-refractivity contribution in [2.24, 2.45) is 0 Å². The van der Waals surface area contributed by atoms with Crippen LogP contribution in [0.25, 0.3) is 11.5 Å². The number of benzene rings is 1. The van der Waals surface area contributed by atoms with E-state index in [9.17, 15) is 0 Å². The molecule has 0 unspecified atom stereocenters. The third-order valence-electron chi connectivity index (χ3n) is 5.15. The van der Waals surface area contributed by atoms with Gasteiger partial charge >= 0.3 is 0 Å². The second-order valence-corrected chi connectivity index (χ2v) is 7.17. The molecule has 1 N–H and O–H groups in total.